The Labute approximate surface area is 129 Å². The Morgan fingerprint density at radius 3 is 2.38 bits per heavy atom. The molecule has 1 aliphatic carbocycles. The summed E-state index contributed by atoms with van der Waals surface area (Å²) in [5.41, 5.74) is -0.563. The first-order valence-electron chi connectivity index (χ1n) is 7.86. The summed E-state index contributed by atoms with van der Waals surface area (Å²) in [7, 11) is 0. The highest BCUT2D eigenvalue weighted by atomic mass is 16.6. The van der Waals surface area contributed by atoms with Crippen LogP contribution >= 0.6 is 0 Å². The van der Waals surface area contributed by atoms with Crippen LogP contribution in [0.3, 0.4) is 0 Å². The van der Waals surface area contributed by atoms with Crippen LogP contribution in [0.25, 0.3) is 0 Å². The van der Waals surface area contributed by atoms with E-state index in [1.54, 1.807) is 4.90 Å². The van der Waals surface area contributed by atoms with Crippen molar-refractivity contribution in [1.29, 1.82) is 0 Å². The lowest BCUT2D eigenvalue weighted by Gasteiger charge is -2.50. The van der Waals surface area contributed by atoms with Gasteiger partial charge in [0.15, 0.2) is 0 Å². The molecule has 1 aliphatic rings. The number of ether oxygens (including phenoxy) is 1. The van der Waals surface area contributed by atoms with Crippen molar-refractivity contribution < 1.29 is 14.6 Å². The van der Waals surface area contributed by atoms with Crippen molar-refractivity contribution in [2.75, 3.05) is 13.1 Å². The number of aliphatic hydroxyl groups is 1. The predicted molar refractivity (Wildman–Crippen MR) is 84.3 cm³/mol. The van der Waals surface area contributed by atoms with Crippen LogP contribution in [0.1, 0.15) is 54.9 Å². The van der Waals surface area contributed by atoms with E-state index >= 15 is 0 Å². The maximum absolute atomic E-state index is 12.2. The van der Waals surface area contributed by atoms with Crippen LogP contribution in [0, 0.1) is 5.41 Å². The molecule has 0 aromatic rings. The van der Waals surface area contributed by atoms with Gasteiger partial charge in [-0.15, -0.1) is 0 Å². The molecule has 0 aromatic heterocycles. The van der Waals surface area contributed by atoms with Crippen molar-refractivity contribution in [2.24, 2.45) is 5.41 Å². The highest BCUT2D eigenvalue weighted by Crippen LogP contribution is 2.40. The third-order valence-corrected chi connectivity index (χ3v) is 4.21. The number of carbonyl (C=O) groups is 1. The zero-order valence-corrected chi connectivity index (χ0v) is 14.6. The molecular formula is C16H32N2O3. The fourth-order valence-electron chi connectivity index (χ4n) is 2.49. The quantitative estimate of drug-likeness (QED) is 0.818. The highest BCUT2D eigenvalue weighted by molar-refractivity contribution is 5.68. The number of amides is 1. The SMILES string of the molecule is CC(C)N(CCNC1CC(O)C1(C)C)C(=O)OC(C)(C)C. The number of carbonyl (C=O) groups excluding carboxylic acids is 1. The van der Waals surface area contributed by atoms with E-state index in [1.165, 1.54) is 0 Å². The maximum atomic E-state index is 12.2. The normalized spacial score (nSPS) is 24.6. The minimum absolute atomic E-state index is 0.0887. The van der Waals surface area contributed by atoms with Gasteiger partial charge in [-0.3, -0.25) is 0 Å². The van der Waals surface area contributed by atoms with Crippen LogP contribution in [0.15, 0.2) is 0 Å². The van der Waals surface area contributed by atoms with E-state index in [-0.39, 0.29) is 23.7 Å². The van der Waals surface area contributed by atoms with Gasteiger partial charge in [0, 0.05) is 30.6 Å². The first-order chi connectivity index (χ1) is 9.45. The summed E-state index contributed by atoms with van der Waals surface area (Å²) in [6.45, 7) is 15.0. The van der Waals surface area contributed by atoms with E-state index in [9.17, 15) is 9.90 Å². The van der Waals surface area contributed by atoms with E-state index in [2.05, 4.69) is 19.2 Å². The third-order valence-electron chi connectivity index (χ3n) is 4.21. The number of hydrogen-bond donors (Lipinski definition) is 2. The second kappa shape index (κ2) is 6.53. The molecule has 0 aromatic carbocycles. The zero-order valence-electron chi connectivity index (χ0n) is 14.6. The molecule has 1 saturated carbocycles. The van der Waals surface area contributed by atoms with Crippen LogP contribution in [-0.4, -0.2) is 53.0 Å². The molecule has 21 heavy (non-hydrogen) atoms. The summed E-state index contributed by atoms with van der Waals surface area (Å²) in [6, 6.07) is 0.404. The van der Waals surface area contributed by atoms with E-state index < -0.39 is 5.60 Å². The summed E-state index contributed by atoms with van der Waals surface area (Å²) in [6.07, 6.45) is 0.274. The lowest BCUT2D eigenvalue weighted by atomic mass is 9.64. The van der Waals surface area contributed by atoms with Crippen molar-refractivity contribution in [3.8, 4) is 0 Å². The van der Waals surface area contributed by atoms with E-state index in [1.807, 2.05) is 34.6 Å². The first-order valence-corrected chi connectivity index (χ1v) is 7.86. The van der Waals surface area contributed by atoms with E-state index in [0.29, 0.717) is 19.1 Å². The molecule has 0 radical (unpaired) electrons. The van der Waals surface area contributed by atoms with Gasteiger partial charge >= 0.3 is 6.09 Å². The topological polar surface area (TPSA) is 61.8 Å². The average molecular weight is 300 g/mol. The Kier molecular flexibility index (Phi) is 5.67. The molecule has 0 spiro atoms. The Morgan fingerprint density at radius 2 is 2.00 bits per heavy atom. The number of hydrogen-bond acceptors (Lipinski definition) is 4. The van der Waals surface area contributed by atoms with Crippen molar-refractivity contribution in [1.82, 2.24) is 10.2 Å². The summed E-state index contributed by atoms with van der Waals surface area (Å²) >= 11 is 0. The Hall–Kier alpha value is -0.810. The molecule has 2 atom stereocenters. The molecule has 5 heteroatoms. The van der Waals surface area contributed by atoms with Crippen molar-refractivity contribution in [2.45, 2.75) is 78.7 Å². The molecule has 1 amide bonds. The van der Waals surface area contributed by atoms with Crippen LogP contribution in [0.2, 0.25) is 0 Å². The van der Waals surface area contributed by atoms with Gasteiger partial charge in [-0.2, -0.15) is 0 Å². The minimum atomic E-state index is -0.474. The minimum Gasteiger partial charge on any atom is -0.444 e. The first kappa shape index (κ1) is 18.2. The smallest absolute Gasteiger partial charge is 0.410 e. The second-order valence-corrected chi connectivity index (χ2v) is 7.85. The van der Waals surface area contributed by atoms with Crippen molar-refractivity contribution >= 4 is 6.09 Å². The fourth-order valence-corrected chi connectivity index (χ4v) is 2.49. The lowest BCUT2D eigenvalue weighted by Crippen LogP contribution is -2.61. The fraction of sp³-hybridized carbons (Fsp3) is 0.938. The van der Waals surface area contributed by atoms with E-state index in [0.717, 1.165) is 6.42 Å². The van der Waals surface area contributed by atoms with Gasteiger partial charge in [-0.05, 0) is 41.0 Å². The molecule has 2 N–H and O–H groups in total. The van der Waals surface area contributed by atoms with Crippen LogP contribution in [0.4, 0.5) is 4.79 Å². The van der Waals surface area contributed by atoms with Crippen LogP contribution in [0.5, 0.6) is 0 Å². The monoisotopic (exact) mass is 300 g/mol. The summed E-state index contributed by atoms with van der Waals surface area (Å²) in [5, 5.41) is 13.2. The number of nitrogens with zero attached hydrogens (tertiary/aromatic N) is 1. The molecule has 1 fully saturated rings. The molecule has 0 saturated heterocycles. The molecule has 0 bridgehead atoms. The Morgan fingerprint density at radius 1 is 1.43 bits per heavy atom. The summed E-state index contributed by atoms with van der Waals surface area (Å²) in [4.78, 5) is 13.9. The van der Waals surface area contributed by atoms with Gasteiger partial charge in [0.1, 0.15) is 5.60 Å². The Bertz CT molecular complexity index is 361. The van der Waals surface area contributed by atoms with Gasteiger partial charge < -0.3 is 20.1 Å². The molecule has 5 nitrogen and oxygen atoms in total. The van der Waals surface area contributed by atoms with Gasteiger partial charge in [0.25, 0.3) is 0 Å². The average Bonchev–Trinajstić information content (AvgIpc) is 2.30. The molecule has 124 valence electrons. The lowest BCUT2D eigenvalue weighted by molar-refractivity contribution is -0.0728. The molecule has 2 unspecified atom stereocenters. The second-order valence-electron chi connectivity index (χ2n) is 7.85. The van der Waals surface area contributed by atoms with Gasteiger partial charge in [0.2, 0.25) is 0 Å². The number of nitrogens with one attached hydrogen (secondary N) is 1. The zero-order chi connectivity index (χ0) is 16.4. The largest absolute Gasteiger partial charge is 0.444 e. The van der Waals surface area contributed by atoms with Crippen LogP contribution < -0.4 is 5.32 Å². The van der Waals surface area contributed by atoms with Crippen molar-refractivity contribution in [3.05, 3.63) is 0 Å². The molecule has 0 heterocycles. The Balaban J connectivity index is 2.44. The third kappa shape index (κ3) is 4.85. The predicted octanol–water partition coefficient (Wildman–Crippen LogP) is 2.38. The van der Waals surface area contributed by atoms with Crippen molar-refractivity contribution in [3.63, 3.8) is 0 Å². The highest BCUT2D eigenvalue weighted by Gasteiger charge is 2.46. The molecule has 1 rings (SSSR count). The summed E-state index contributed by atoms with van der Waals surface area (Å²) in [5.74, 6) is 0. The van der Waals surface area contributed by atoms with Gasteiger partial charge in [-0.1, -0.05) is 13.8 Å². The van der Waals surface area contributed by atoms with E-state index in [4.69, 9.17) is 4.74 Å². The number of rotatable bonds is 5. The molecular weight excluding hydrogens is 268 g/mol. The maximum Gasteiger partial charge on any atom is 0.410 e. The number of aliphatic hydroxyl groups excluding tert-OH is 1. The van der Waals surface area contributed by atoms with Crippen LogP contribution in [-0.2, 0) is 4.74 Å². The van der Waals surface area contributed by atoms with Gasteiger partial charge in [0.05, 0.1) is 6.10 Å². The standard InChI is InChI=1S/C16H32N2O3/c1-11(2)18(14(20)21-15(3,4)5)9-8-17-12-10-13(19)16(12,6)7/h11-13,17,19H,8-10H2,1-7H3. The van der Waals surface area contributed by atoms with Gasteiger partial charge in [-0.25, -0.2) is 4.79 Å². The summed E-state index contributed by atoms with van der Waals surface area (Å²) < 4.78 is 5.44. The molecule has 0 aliphatic heterocycles.